The van der Waals surface area contributed by atoms with E-state index in [1.165, 1.54) is 6.07 Å². The van der Waals surface area contributed by atoms with Gasteiger partial charge in [0.1, 0.15) is 5.82 Å². The predicted molar refractivity (Wildman–Crippen MR) is 91.1 cm³/mol. The summed E-state index contributed by atoms with van der Waals surface area (Å²) in [5.74, 6) is 0.823. The molecule has 0 aliphatic heterocycles. The first-order chi connectivity index (χ1) is 11.5. The van der Waals surface area contributed by atoms with Crippen molar-refractivity contribution < 1.29 is 8.91 Å². The zero-order valence-corrected chi connectivity index (χ0v) is 14.1. The molecule has 3 rings (SSSR count). The van der Waals surface area contributed by atoms with Gasteiger partial charge in [-0.15, -0.1) is 0 Å². The van der Waals surface area contributed by atoms with Gasteiger partial charge in [0.05, 0.1) is 6.04 Å². The smallest absolute Gasteiger partial charge is 0.257 e. The number of halogens is 2. The monoisotopic (exact) mass is 345 g/mol. The second-order valence-electron chi connectivity index (χ2n) is 5.65. The van der Waals surface area contributed by atoms with Crippen molar-refractivity contribution in [3.05, 3.63) is 70.3 Å². The lowest BCUT2D eigenvalue weighted by Gasteiger charge is -2.10. The van der Waals surface area contributed by atoms with E-state index in [9.17, 15) is 4.39 Å². The normalized spacial score (nSPS) is 12.3. The van der Waals surface area contributed by atoms with E-state index in [4.69, 9.17) is 16.1 Å². The molecule has 3 aromatic rings. The fourth-order valence-electron chi connectivity index (χ4n) is 2.30. The van der Waals surface area contributed by atoms with Crippen molar-refractivity contribution in [3.63, 3.8) is 0 Å². The number of aryl methyl sites for hydroxylation is 1. The van der Waals surface area contributed by atoms with Crippen LogP contribution in [0.1, 0.15) is 29.9 Å². The molecular formula is C18H17ClFN3O. The number of nitrogens with one attached hydrogen (secondary N) is 1. The summed E-state index contributed by atoms with van der Waals surface area (Å²) < 4.78 is 18.6. The average Bonchev–Trinajstić information content (AvgIpc) is 3.06. The average molecular weight is 346 g/mol. The molecule has 0 spiro atoms. The zero-order valence-electron chi connectivity index (χ0n) is 13.4. The third kappa shape index (κ3) is 3.80. The van der Waals surface area contributed by atoms with Crippen molar-refractivity contribution in [3.8, 4) is 11.5 Å². The Balaban J connectivity index is 1.66. The fourth-order valence-corrected chi connectivity index (χ4v) is 2.43. The van der Waals surface area contributed by atoms with Crippen molar-refractivity contribution in [1.29, 1.82) is 0 Å². The van der Waals surface area contributed by atoms with Crippen LogP contribution in [0.25, 0.3) is 11.5 Å². The molecule has 0 bridgehead atoms. The summed E-state index contributed by atoms with van der Waals surface area (Å²) in [4.78, 5) is 4.41. The summed E-state index contributed by atoms with van der Waals surface area (Å²) in [7, 11) is 0. The number of hydrogen-bond donors (Lipinski definition) is 1. The van der Waals surface area contributed by atoms with Gasteiger partial charge >= 0.3 is 0 Å². The van der Waals surface area contributed by atoms with Crippen molar-refractivity contribution >= 4 is 11.6 Å². The largest absolute Gasteiger partial charge is 0.334 e. The summed E-state index contributed by atoms with van der Waals surface area (Å²) in [6.45, 7) is 4.29. The second-order valence-corrected chi connectivity index (χ2v) is 6.09. The third-order valence-electron chi connectivity index (χ3n) is 3.75. The highest BCUT2D eigenvalue weighted by Crippen LogP contribution is 2.21. The van der Waals surface area contributed by atoms with Crippen molar-refractivity contribution in [2.45, 2.75) is 26.4 Å². The van der Waals surface area contributed by atoms with Gasteiger partial charge in [-0.25, -0.2) is 4.39 Å². The van der Waals surface area contributed by atoms with Gasteiger partial charge in [0.15, 0.2) is 5.82 Å². The molecule has 124 valence electrons. The number of aromatic nitrogens is 2. The molecule has 0 saturated heterocycles. The van der Waals surface area contributed by atoms with Crippen LogP contribution in [0.15, 0.2) is 47.0 Å². The molecule has 0 fully saturated rings. The summed E-state index contributed by atoms with van der Waals surface area (Å²) in [5.41, 5.74) is 2.45. The summed E-state index contributed by atoms with van der Waals surface area (Å²) >= 11 is 5.87. The van der Waals surface area contributed by atoms with Gasteiger partial charge in [0.2, 0.25) is 0 Å². The lowest BCUT2D eigenvalue weighted by molar-refractivity contribution is 0.409. The molecule has 0 radical (unpaired) electrons. The van der Waals surface area contributed by atoms with E-state index in [1.807, 2.05) is 25.1 Å². The molecule has 6 heteroatoms. The van der Waals surface area contributed by atoms with E-state index in [2.05, 4.69) is 15.5 Å². The SMILES string of the molecule is Cc1cc(CNC(C)c2noc(-c3ccc(Cl)cc3)n2)ccc1F. The molecule has 0 saturated carbocycles. The molecule has 1 unspecified atom stereocenters. The Kier molecular flexibility index (Phi) is 4.92. The molecule has 1 heterocycles. The predicted octanol–water partition coefficient (Wildman–Crippen LogP) is 4.69. The quantitative estimate of drug-likeness (QED) is 0.729. The van der Waals surface area contributed by atoms with Gasteiger partial charge in [-0.1, -0.05) is 28.9 Å². The van der Waals surface area contributed by atoms with Crippen molar-refractivity contribution in [2.75, 3.05) is 0 Å². The van der Waals surface area contributed by atoms with Gasteiger partial charge in [-0.2, -0.15) is 4.98 Å². The fraction of sp³-hybridized carbons (Fsp3) is 0.222. The van der Waals surface area contributed by atoms with Gasteiger partial charge in [-0.3, -0.25) is 0 Å². The Morgan fingerprint density at radius 3 is 2.67 bits per heavy atom. The van der Waals surface area contributed by atoms with E-state index in [-0.39, 0.29) is 11.9 Å². The molecule has 24 heavy (non-hydrogen) atoms. The second kappa shape index (κ2) is 7.11. The summed E-state index contributed by atoms with van der Waals surface area (Å²) in [5, 5.41) is 7.98. The van der Waals surface area contributed by atoms with Gasteiger partial charge < -0.3 is 9.84 Å². The van der Waals surface area contributed by atoms with Crippen LogP contribution in [0.2, 0.25) is 5.02 Å². The van der Waals surface area contributed by atoms with Crippen molar-refractivity contribution in [1.82, 2.24) is 15.5 Å². The first-order valence-electron chi connectivity index (χ1n) is 7.61. The highest BCUT2D eigenvalue weighted by molar-refractivity contribution is 6.30. The molecule has 4 nitrogen and oxygen atoms in total. The van der Waals surface area contributed by atoms with E-state index in [1.54, 1.807) is 25.1 Å². The van der Waals surface area contributed by atoms with E-state index in [0.29, 0.717) is 28.8 Å². The lowest BCUT2D eigenvalue weighted by atomic mass is 10.1. The van der Waals surface area contributed by atoms with Crippen LogP contribution in [-0.2, 0) is 6.54 Å². The van der Waals surface area contributed by atoms with Crippen LogP contribution in [0.5, 0.6) is 0 Å². The third-order valence-corrected chi connectivity index (χ3v) is 4.01. The van der Waals surface area contributed by atoms with Gasteiger partial charge in [-0.05, 0) is 55.3 Å². The van der Waals surface area contributed by atoms with E-state index >= 15 is 0 Å². The molecule has 2 aromatic carbocycles. The van der Waals surface area contributed by atoms with Crippen LogP contribution in [-0.4, -0.2) is 10.1 Å². The Morgan fingerprint density at radius 2 is 1.96 bits per heavy atom. The van der Waals surface area contributed by atoms with E-state index in [0.717, 1.165) is 11.1 Å². The molecule has 0 aliphatic carbocycles. The highest BCUT2D eigenvalue weighted by Gasteiger charge is 2.14. The zero-order chi connectivity index (χ0) is 17.1. The van der Waals surface area contributed by atoms with Crippen LogP contribution < -0.4 is 5.32 Å². The first-order valence-corrected chi connectivity index (χ1v) is 7.98. The molecule has 1 atom stereocenters. The molecule has 1 N–H and O–H groups in total. The number of benzene rings is 2. The Labute approximate surface area is 144 Å². The van der Waals surface area contributed by atoms with Gasteiger partial charge in [0, 0.05) is 17.1 Å². The van der Waals surface area contributed by atoms with Crippen LogP contribution in [0.4, 0.5) is 4.39 Å². The van der Waals surface area contributed by atoms with Crippen LogP contribution in [0, 0.1) is 12.7 Å². The summed E-state index contributed by atoms with van der Waals surface area (Å²) in [6.07, 6.45) is 0. The molecular weight excluding hydrogens is 329 g/mol. The number of nitrogens with zero attached hydrogens (tertiary/aromatic N) is 2. The lowest BCUT2D eigenvalue weighted by Crippen LogP contribution is -2.19. The molecule has 0 amide bonds. The van der Waals surface area contributed by atoms with Crippen LogP contribution >= 0.6 is 11.6 Å². The minimum Gasteiger partial charge on any atom is -0.334 e. The van der Waals surface area contributed by atoms with Crippen LogP contribution in [0.3, 0.4) is 0 Å². The Morgan fingerprint density at radius 1 is 1.21 bits per heavy atom. The van der Waals surface area contributed by atoms with E-state index < -0.39 is 0 Å². The highest BCUT2D eigenvalue weighted by atomic mass is 35.5. The maximum atomic E-state index is 13.3. The molecule has 0 aliphatic rings. The first kappa shape index (κ1) is 16.6. The number of rotatable bonds is 5. The topological polar surface area (TPSA) is 51.0 Å². The van der Waals surface area contributed by atoms with Crippen molar-refractivity contribution in [2.24, 2.45) is 0 Å². The minimum atomic E-state index is -0.197. The maximum Gasteiger partial charge on any atom is 0.257 e. The van der Waals surface area contributed by atoms with Gasteiger partial charge in [0.25, 0.3) is 5.89 Å². The summed E-state index contributed by atoms with van der Waals surface area (Å²) in [6, 6.07) is 12.2. The Hall–Kier alpha value is -2.24. The maximum absolute atomic E-state index is 13.3. The number of hydrogen-bond acceptors (Lipinski definition) is 4. The minimum absolute atomic E-state index is 0.0971. The standard InChI is InChI=1S/C18H17ClFN3O/c1-11-9-13(3-8-16(11)20)10-21-12(2)17-22-18(24-23-17)14-4-6-15(19)7-5-14/h3-9,12,21H,10H2,1-2H3. The molecule has 1 aromatic heterocycles. The Bertz CT molecular complexity index is 833.